The van der Waals surface area contributed by atoms with Crippen molar-refractivity contribution in [3.8, 4) is 22.8 Å². The van der Waals surface area contributed by atoms with Gasteiger partial charge in [0, 0.05) is 16.5 Å². The highest BCUT2D eigenvalue weighted by Crippen LogP contribution is 2.30. The number of fused-ring (bicyclic) bond motifs is 4. The molecule has 29 heavy (non-hydrogen) atoms. The van der Waals surface area contributed by atoms with E-state index in [-0.39, 0.29) is 5.75 Å². The van der Waals surface area contributed by atoms with Crippen molar-refractivity contribution in [3.63, 3.8) is 0 Å². The van der Waals surface area contributed by atoms with Crippen molar-refractivity contribution in [2.75, 3.05) is 7.11 Å². The third-order valence-corrected chi connectivity index (χ3v) is 4.43. The van der Waals surface area contributed by atoms with Crippen LogP contribution in [0, 0.1) is 0 Å². The van der Waals surface area contributed by atoms with Gasteiger partial charge >= 0.3 is 6.36 Å². The number of H-pyrrole nitrogens is 1. The maximum Gasteiger partial charge on any atom is 0.573 e. The summed E-state index contributed by atoms with van der Waals surface area (Å²) in [7, 11) is 1.59. The summed E-state index contributed by atoms with van der Waals surface area (Å²) >= 11 is 0. The molecule has 0 aliphatic carbocycles. The van der Waals surface area contributed by atoms with Crippen molar-refractivity contribution in [1.29, 1.82) is 0 Å². The van der Waals surface area contributed by atoms with Gasteiger partial charge in [0.2, 0.25) is 0 Å². The molecular formula is C19H12F3N5O2. The third kappa shape index (κ3) is 3.08. The molecule has 3 aromatic heterocycles. The van der Waals surface area contributed by atoms with Crippen molar-refractivity contribution in [2.45, 2.75) is 6.36 Å². The number of rotatable bonds is 3. The second kappa shape index (κ2) is 6.09. The fourth-order valence-electron chi connectivity index (χ4n) is 3.14. The molecule has 0 fully saturated rings. The lowest BCUT2D eigenvalue weighted by molar-refractivity contribution is -0.274. The van der Waals surface area contributed by atoms with Crippen molar-refractivity contribution < 1.29 is 22.6 Å². The van der Waals surface area contributed by atoms with Gasteiger partial charge in [-0.25, -0.2) is 9.50 Å². The first-order valence-corrected chi connectivity index (χ1v) is 8.49. The lowest BCUT2D eigenvalue weighted by atomic mass is 10.2. The van der Waals surface area contributed by atoms with Crippen LogP contribution in [-0.4, -0.2) is 38.0 Å². The predicted octanol–water partition coefficient (Wildman–Crippen LogP) is 4.33. The maximum atomic E-state index is 12.5. The van der Waals surface area contributed by atoms with Crippen LogP contribution in [0.1, 0.15) is 0 Å². The molecule has 5 aromatic rings. The Labute approximate surface area is 160 Å². The quantitative estimate of drug-likeness (QED) is 0.489. The Balaban J connectivity index is 1.62. The lowest BCUT2D eigenvalue weighted by Gasteiger charge is -2.08. The van der Waals surface area contributed by atoms with Gasteiger partial charge < -0.3 is 14.5 Å². The minimum Gasteiger partial charge on any atom is -0.497 e. The number of imidazole rings is 1. The van der Waals surface area contributed by atoms with E-state index < -0.39 is 6.36 Å². The number of halogens is 3. The van der Waals surface area contributed by atoms with Gasteiger partial charge in [-0.05, 0) is 42.5 Å². The van der Waals surface area contributed by atoms with Crippen LogP contribution in [-0.2, 0) is 0 Å². The second-order valence-corrected chi connectivity index (χ2v) is 6.29. The summed E-state index contributed by atoms with van der Waals surface area (Å²) in [6.07, 6.45) is -3.06. The van der Waals surface area contributed by atoms with E-state index in [0.29, 0.717) is 33.5 Å². The van der Waals surface area contributed by atoms with Crippen molar-refractivity contribution in [1.82, 2.24) is 24.6 Å². The molecule has 0 saturated carbocycles. The Morgan fingerprint density at radius 1 is 1.00 bits per heavy atom. The number of hydrogen-bond acceptors (Lipinski definition) is 5. The van der Waals surface area contributed by atoms with Gasteiger partial charge in [-0.3, -0.25) is 0 Å². The molecule has 2 aromatic carbocycles. The zero-order valence-electron chi connectivity index (χ0n) is 14.9. The van der Waals surface area contributed by atoms with E-state index in [9.17, 15) is 13.2 Å². The normalized spacial score (nSPS) is 12.1. The molecule has 0 spiro atoms. The maximum absolute atomic E-state index is 12.5. The number of nitrogens with one attached hydrogen (secondary N) is 1. The van der Waals surface area contributed by atoms with Crippen LogP contribution in [0.25, 0.3) is 39.1 Å². The number of aromatic amines is 1. The van der Waals surface area contributed by atoms with Crippen LogP contribution in [0.2, 0.25) is 0 Å². The molecular weight excluding hydrogens is 387 g/mol. The molecule has 0 unspecified atom stereocenters. The van der Waals surface area contributed by atoms with Crippen LogP contribution >= 0.6 is 0 Å². The third-order valence-electron chi connectivity index (χ3n) is 4.43. The summed E-state index contributed by atoms with van der Waals surface area (Å²) < 4.78 is 48.2. The van der Waals surface area contributed by atoms with Crippen LogP contribution in [0.5, 0.6) is 11.5 Å². The number of alkyl halides is 3. The Hall–Kier alpha value is -3.82. The summed E-state index contributed by atoms with van der Waals surface area (Å²) in [4.78, 5) is 12.0. The van der Waals surface area contributed by atoms with Crippen LogP contribution in [0.4, 0.5) is 13.2 Å². The van der Waals surface area contributed by atoms with E-state index in [1.165, 1.54) is 22.7 Å². The van der Waals surface area contributed by atoms with Crippen LogP contribution in [0.15, 0.2) is 48.7 Å². The summed E-state index contributed by atoms with van der Waals surface area (Å²) in [6, 6.07) is 11.4. The van der Waals surface area contributed by atoms with E-state index in [1.807, 2.05) is 24.3 Å². The summed E-state index contributed by atoms with van der Waals surface area (Å²) in [5, 5.41) is 4.95. The SMILES string of the molecule is COc1ccc(-c2cn3nc4c(nc3n2)[nH]c2ccc(OC(F)(F)F)cc24)cc1. The molecule has 0 aliphatic rings. The molecule has 0 aliphatic heterocycles. The van der Waals surface area contributed by atoms with E-state index >= 15 is 0 Å². The summed E-state index contributed by atoms with van der Waals surface area (Å²) in [5.74, 6) is 0.768. The molecule has 0 amide bonds. The van der Waals surface area contributed by atoms with E-state index in [0.717, 1.165) is 11.3 Å². The number of nitrogens with zero attached hydrogens (tertiary/aromatic N) is 4. The first-order chi connectivity index (χ1) is 13.9. The standard InChI is InChI=1S/C19H12F3N5O2/c1-28-11-4-2-10(3-5-11)15-9-27-18(24-15)25-17-16(26-27)13-8-12(29-19(20,21)22)6-7-14(13)23-17/h2-9H,1H3,(H,23,24,25). The largest absolute Gasteiger partial charge is 0.573 e. The molecule has 146 valence electrons. The number of hydrogen-bond donors (Lipinski definition) is 1. The average molecular weight is 399 g/mol. The lowest BCUT2D eigenvalue weighted by Crippen LogP contribution is -2.16. The molecule has 0 saturated heterocycles. The molecule has 3 heterocycles. The van der Waals surface area contributed by atoms with Crippen LogP contribution in [0.3, 0.4) is 0 Å². The van der Waals surface area contributed by atoms with Gasteiger partial charge in [0.1, 0.15) is 17.0 Å². The van der Waals surface area contributed by atoms with Gasteiger partial charge in [0.25, 0.3) is 5.78 Å². The topological polar surface area (TPSA) is 77.3 Å². The fraction of sp³-hybridized carbons (Fsp3) is 0.105. The highest BCUT2D eigenvalue weighted by Gasteiger charge is 2.31. The highest BCUT2D eigenvalue weighted by atomic mass is 19.4. The predicted molar refractivity (Wildman–Crippen MR) is 98.8 cm³/mol. The Kier molecular flexibility index (Phi) is 3.63. The van der Waals surface area contributed by atoms with Crippen molar-refractivity contribution in [3.05, 3.63) is 48.7 Å². The zero-order valence-corrected chi connectivity index (χ0v) is 14.9. The Morgan fingerprint density at radius 3 is 2.48 bits per heavy atom. The number of methoxy groups -OCH3 is 1. The zero-order chi connectivity index (χ0) is 20.2. The first kappa shape index (κ1) is 17.3. The van der Waals surface area contributed by atoms with Gasteiger partial charge in [0.15, 0.2) is 5.65 Å². The van der Waals surface area contributed by atoms with Gasteiger partial charge in [-0.2, -0.15) is 10.1 Å². The summed E-state index contributed by atoms with van der Waals surface area (Å²) in [5.41, 5.74) is 2.94. The first-order valence-electron chi connectivity index (χ1n) is 8.49. The number of benzene rings is 2. The van der Waals surface area contributed by atoms with E-state index in [2.05, 4.69) is 24.8 Å². The van der Waals surface area contributed by atoms with Crippen LogP contribution < -0.4 is 9.47 Å². The fourth-order valence-corrected chi connectivity index (χ4v) is 3.14. The van der Waals surface area contributed by atoms with Crippen molar-refractivity contribution >= 4 is 27.8 Å². The average Bonchev–Trinajstić information content (AvgIpc) is 3.25. The van der Waals surface area contributed by atoms with Gasteiger partial charge in [0.05, 0.1) is 19.0 Å². The van der Waals surface area contributed by atoms with Gasteiger partial charge in [-0.15, -0.1) is 13.2 Å². The van der Waals surface area contributed by atoms with Gasteiger partial charge in [-0.1, -0.05) is 0 Å². The Morgan fingerprint density at radius 2 is 1.76 bits per heavy atom. The molecule has 0 atom stereocenters. The minimum absolute atomic E-state index is 0.322. The minimum atomic E-state index is -4.77. The number of aromatic nitrogens is 5. The van der Waals surface area contributed by atoms with E-state index in [1.54, 1.807) is 13.3 Å². The van der Waals surface area contributed by atoms with Crippen molar-refractivity contribution in [2.24, 2.45) is 0 Å². The molecule has 0 radical (unpaired) electrons. The molecule has 5 rings (SSSR count). The molecule has 0 bridgehead atoms. The summed E-state index contributed by atoms with van der Waals surface area (Å²) in [6.45, 7) is 0. The highest BCUT2D eigenvalue weighted by molar-refractivity contribution is 6.04. The molecule has 1 N–H and O–H groups in total. The Bertz CT molecular complexity index is 1360. The number of ether oxygens (including phenoxy) is 2. The smallest absolute Gasteiger partial charge is 0.497 e. The molecule has 7 nitrogen and oxygen atoms in total. The second-order valence-electron chi connectivity index (χ2n) is 6.29. The van der Waals surface area contributed by atoms with E-state index in [4.69, 9.17) is 4.74 Å². The monoisotopic (exact) mass is 399 g/mol. The molecule has 10 heteroatoms.